The van der Waals surface area contributed by atoms with Gasteiger partial charge in [0.15, 0.2) is 0 Å². The van der Waals surface area contributed by atoms with Crippen molar-refractivity contribution in [3.8, 4) is 17.4 Å². The molecule has 2 aromatic heterocycles. The van der Waals surface area contributed by atoms with E-state index in [9.17, 15) is 23.1 Å². The molecule has 0 radical (unpaired) electrons. The zero-order valence-corrected chi connectivity index (χ0v) is 24.5. The van der Waals surface area contributed by atoms with E-state index in [1.165, 1.54) is 23.1 Å². The second-order valence-corrected chi connectivity index (χ2v) is 12.0. The molecule has 0 amide bonds. The molecule has 7 rings (SSSR count). The zero-order chi connectivity index (χ0) is 34.1. The third kappa shape index (κ3) is 5.25. The van der Waals surface area contributed by atoms with Crippen LogP contribution in [0.25, 0.3) is 27.4 Å². The second kappa shape index (κ2) is 11.1. The first kappa shape index (κ1) is 26.3. The van der Waals surface area contributed by atoms with Gasteiger partial charge in [-0.2, -0.15) is 23.1 Å². The van der Waals surface area contributed by atoms with Crippen molar-refractivity contribution < 1.29 is 31.5 Å². The van der Waals surface area contributed by atoms with E-state index in [4.69, 9.17) is 8.85 Å². The number of fused-ring (bicyclic) bond motifs is 4. The van der Waals surface area contributed by atoms with E-state index in [0.29, 0.717) is 37.0 Å². The normalized spacial score (nSPS) is 23.4. The van der Waals surface area contributed by atoms with Crippen LogP contribution in [0.15, 0.2) is 35.1 Å². The highest BCUT2D eigenvalue weighted by Gasteiger charge is 2.39. The lowest BCUT2D eigenvalue weighted by atomic mass is 9.99. The molecule has 9 nitrogen and oxygen atoms in total. The van der Waals surface area contributed by atoms with Crippen LogP contribution in [-0.4, -0.2) is 75.9 Å². The molecule has 0 aliphatic carbocycles. The van der Waals surface area contributed by atoms with Crippen molar-refractivity contribution in [3.05, 3.63) is 57.8 Å². The standard InChI is InChI=1S/C32H34F4N6O3/c1-3-22-24(33)9-6-17-11-21(43)12-25(27(17)22)42-26(32(34,35)36)13-23-28(30(42)44)38-31(45-16-20-5-4-10-40(20)2)39-29(23)41-14-18-7-8-19(15-41)37-18/h6,9,11-13,18-20,37,43H,3-5,7-8,10,14-16H2,1-2H3/t18-,19+,20-/m0/s1/i2D3. The van der Waals surface area contributed by atoms with Crippen molar-refractivity contribution in [1.29, 1.82) is 0 Å². The molecule has 3 saturated heterocycles. The summed E-state index contributed by atoms with van der Waals surface area (Å²) in [4.78, 5) is 26.5. The summed E-state index contributed by atoms with van der Waals surface area (Å²) < 4.78 is 90.0. The summed E-state index contributed by atoms with van der Waals surface area (Å²) in [5.41, 5.74) is -3.12. The van der Waals surface area contributed by atoms with Crippen molar-refractivity contribution in [1.82, 2.24) is 24.8 Å². The fourth-order valence-electron chi connectivity index (χ4n) is 7.05. The first-order valence-corrected chi connectivity index (χ1v) is 15.1. The molecule has 3 aliphatic rings. The van der Waals surface area contributed by atoms with E-state index in [-0.39, 0.29) is 69.9 Å². The van der Waals surface area contributed by atoms with Crippen LogP contribution >= 0.6 is 0 Å². The monoisotopic (exact) mass is 629 g/mol. The Morgan fingerprint density at radius 1 is 1.13 bits per heavy atom. The number of phenolic OH excluding ortho intramolecular Hbond substituents is 1. The molecule has 3 aliphatic heterocycles. The topological polar surface area (TPSA) is 95.8 Å². The molecule has 0 saturated carbocycles. The van der Waals surface area contributed by atoms with Crippen LogP contribution in [0.5, 0.6) is 11.8 Å². The Morgan fingerprint density at radius 2 is 1.91 bits per heavy atom. The van der Waals surface area contributed by atoms with Crippen molar-refractivity contribution in [2.75, 3.05) is 38.1 Å². The summed E-state index contributed by atoms with van der Waals surface area (Å²) in [5.74, 6) is -0.973. The highest BCUT2D eigenvalue weighted by molar-refractivity contribution is 5.96. The number of alkyl halides is 3. The molecule has 45 heavy (non-hydrogen) atoms. The van der Waals surface area contributed by atoms with Gasteiger partial charge in [0.05, 0.1) is 11.1 Å². The van der Waals surface area contributed by atoms with Crippen molar-refractivity contribution in [2.24, 2.45) is 0 Å². The SMILES string of the molecule is [2H]C([2H])([2H])N1CCC[C@H]1COc1nc(N2C[C@H]3CC[C@@H](C2)N3)c2cc(C(F)(F)F)n(-c3cc(O)cc4ccc(F)c(CC)c34)c(=O)c2n1. The number of aromatic hydroxyl groups is 1. The molecular formula is C32H34F4N6O3. The number of hydrogen-bond donors (Lipinski definition) is 2. The first-order valence-electron chi connectivity index (χ1n) is 16.6. The molecule has 238 valence electrons. The number of likely N-dealkylation sites (N-methyl/N-ethyl adjacent to an activating group) is 1. The Hall–Kier alpha value is -3.97. The molecule has 2 N–H and O–H groups in total. The minimum Gasteiger partial charge on any atom is -0.508 e. The smallest absolute Gasteiger partial charge is 0.431 e. The average molecular weight is 630 g/mol. The summed E-state index contributed by atoms with van der Waals surface area (Å²) in [5, 5.41) is 14.2. The predicted molar refractivity (Wildman–Crippen MR) is 162 cm³/mol. The Morgan fingerprint density at radius 3 is 2.62 bits per heavy atom. The Kier molecular flexibility index (Phi) is 6.49. The molecule has 3 atom stereocenters. The maximum absolute atomic E-state index is 15.0. The largest absolute Gasteiger partial charge is 0.508 e. The van der Waals surface area contributed by atoms with Crippen LogP contribution in [-0.2, 0) is 12.6 Å². The maximum atomic E-state index is 15.0. The van der Waals surface area contributed by atoms with E-state index in [2.05, 4.69) is 15.3 Å². The van der Waals surface area contributed by atoms with Gasteiger partial charge < -0.3 is 25.0 Å². The Balaban J connectivity index is 1.46. The van der Waals surface area contributed by atoms with Crippen molar-refractivity contribution in [2.45, 2.75) is 63.3 Å². The number of hydrogen-bond acceptors (Lipinski definition) is 8. The van der Waals surface area contributed by atoms with Crippen LogP contribution in [0, 0.1) is 5.82 Å². The van der Waals surface area contributed by atoms with Gasteiger partial charge in [-0.25, -0.2) is 4.39 Å². The van der Waals surface area contributed by atoms with E-state index < -0.39 is 42.0 Å². The Bertz CT molecular complexity index is 1960. The zero-order valence-electron chi connectivity index (χ0n) is 27.5. The number of halogens is 4. The number of nitrogens with one attached hydrogen (secondary N) is 1. The summed E-state index contributed by atoms with van der Waals surface area (Å²) in [6, 6.07) is 5.04. The molecule has 4 aromatic rings. The maximum Gasteiger partial charge on any atom is 0.431 e. The van der Waals surface area contributed by atoms with Gasteiger partial charge >= 0.3 is 12.2 Å². The predicted octanol–water partition coefficient (Wildman–Crippen LogP) is 4.77. The number of piperazine rings is 1. The van der Waals surface area contributed by atoms with Crippen molar-refractivity contribution in [3.63, 3.8) is 0 Å². The number of aromatic nitrogens is 3. The van der Waals surface area contributed by atoms with Crippen LogP contribution in [0.1, 0.15) is 48.0 Å². The number of phenols is 1. The molecule has 13 heteroatoms. The number of likely N-dealkylation sites (tertiary alicyclic amines) is 1. The molecule has 2 aromatic carbocycles. The number of benzene rings is 2. The van der Waals surface area contributed by atoms with Gasteiger partial charge in [-0.15, -0.1) is 0 Å². The fourth-order valence-corrected chi connectivity index (χ4v) is 7.05. The van der Waals surface area contributed by atoms with E-state index in [1.54, 1.807) is 6.92 Å². The van der Waals surface area contributed by atoms with Crippen LogP contribution in [0.3, 0.4) is 0 Å². The number of anilines is 1. The summed E-state index contributed by atoms with van der Waals surface area (Å²) in [7, 11) is 0. The van der Waals surface area contributed by atoms with E-state index >= 15 is 4.39 Å². The number of pyridine rings is 1. The molecular weight excluding hydrogens is 592 g/mol. The lowest BCUT2D eigenvalue weighted by Gasteiger charge is -2.34. The highest BCUT2D eigenvalue weighted by Crippen LogP contribution is 2.39. The van der Waals surface area contributed by atoms with Gasteiger partial charge in [0.2, 0.25) is 0 Å². The summed E-state index contributed by atoms with van der Waals surface area (Å²) >= 11 is 0. The second-order valence-electron chi connectivity index (χ2n) is 12.0. The number of aryl methyl sites for hydroxylation is 1. The van der Waals surface area contributed by atoms with E-state index in [1.807, 2.05) is 4.90 Å². The molecule has 2 bridgehead atoms. The summed E-state index contributed by atoms with van der Waals surface area (Å²) in [6.45, 7) is 0.394. The van der Waals surface area contributed by atoms with Gasteiger partial charge in [0.1, 0.15) is 35.2 Å². The Labute approximate surface area is 260 Å². The molecule has 0 unspecified atom stereocenters. The minimum atomic E-state index is -5.05. The molecule has 3 fully saturated rings. The highest BCUT2D eigenvalue weighted by atomic mass is 19.4. The number of ether oxygens (including phenoxy) is 1. The third-order valence-corrected chi connectivity index (χ3v) is 9.15. The third-order valence-electron chi connectivity index (χ3n) is 9.15. The van der Waals surface area contributed by atoms with Gasteiger partial charge in [-0.05, 0) is 74.8 Å². The number of rotatable bonds is 6. The van der Waals surface area contributed by atoms with Gasteiger partial charge in [0.25, 0.3) is 5.56 Å². The van der Waals surface area contributed by atoms with Gasteiger partial charge in [-0.3, -0.25) is 9.36 Å². The average Bonchev–Trinajstić information content (AvgIpc) is 3.64. The van der Waals surface area contributed by atoms with Crippen LogP contribution in [0.4, 0.5) is 23.4 Å². The van der Waals surface area contributed by atoms with Crippen LogP contribution < -0.4 is 20.5 Å². The van der Waals surface area contributed by atoms with Crippen LogP contribution in [0.2, 0.25) is 0 Å². The fraction of sp³-hybridized carbons (Fsp3) is 0.469. The van der Waals surface area contributed by atoms with Gasteiger partial charge in [-0.1, -0.05) is 13.0 Å². The molecule has 0 spiro atoms. The quantitative estimate of drug-likeness (QED) is 0.295. The number of nitrogens with zero attached hydrogens (tertiary/aromatic N) is 5. The molecule has 5 heterocycles. The minimum absolute atomic E-state index is 0.0534. The van der Waals surface area contributed by atoms with Crippen molar-refractivity contribution >= 4 is 27.5 Å². The van der Waals surface area contributed by atoms with E-state index in [0.717, 1.165) is 25.0 Å². The lowest BCUT2D eigenvalue weighted by molar-refractivity contribution is -0.142. The lowest BCUT2D eigenvalue weighted by Crippen LogP contribution is -2.51. The van der Waals surface area contributed by atoms with Gasteiger partial charge in [0, 0.05) is 46.8 Å². The summed E-state index contributed by atoms with van der Waals surface area (Å²) in [6.07, 6.45) is -2.01. The first-order chi connectivity index (χ1) is 22.7.